The Morgan fingerprint density at radius 1 is 0.474 bits per heavy atom. The van der Waals surface area contributed by atoms with Crippen molar-refractivity contribution in [3.63, 3.8) is 0 Å². The highest BCUT2D eigenvalue weighted by Crippen LogP contribution is 2.28. The first-order valence-corrected chi connectivity index (χ1v) is 18.1. The number of rotatable bonds is 26. The third-order valence-corrected chi connectivity index (χ3v) is 9.75. The molecule has 2 heteroatoms. The monoisotopic (exact) mass is 535 g/mol. The molecule has 0 saturated carbocycles. The largest absolute Gasteiger partial charge is 0.300 e. The normalized spacial score (nSPS) is 20.0. The van der Waals surface area contributed by atoms with Crippen LogP contribution in [0.5, 0.6) is 0 Å². The molecule has 38 heavy (non-hydrogen) atoms. The number of unbranched alkanes of at least 4 members (excludes halogenated alkanes) is 11. The Kier molecular flexibility index (Phi) is 23.4. The fourth-order valence-corrected chi connectivity index (χ4v) is 7.07. The molecule has 0 aromatic rings. The van der Waals surface area contributed by atoms with Crippen LogP contribution in [0, 0.1) is 11.8 Å². The van der Waals surface area contributed by atoms with Gasteiger partial charge in [0.1, 0.15) is 0 Å². The van der Waals surface area contributed by atoms with Crippen molar-refractivity contribution >= 4 is 0 Å². The third kappa shape index (κ3) is 16.2. The predicted molar refractivity (Wildman–Crippen MR) is 173 cm³/mol. The van der Waals surface area contributed by atoms with Crippen LogP contribution in [0.2, 0.25) is 0 Å². The van der Waals surface area contributed by atoms with Crippen LogP contribution in [0.15, 0.2) is 0 Å². The Labute approximate surface area is 242 Å². The van der Waals surface area contributed by atoms with Gasteiger partial charge in [0.25, 0.3) is 0 Å². The van der Waals surface area contributed by atoms with Crippen molar-refractivity contribution in [2.75, 3.05) is 26.2 Å². The van der Waals surface area contributed by atoms with Crippen LogP contribution in [0.4, 0.5) is 0 Å². The molecule has 0 spiro atoms. The molecule has 1 aliphatic heterocycles. The second-order valence-electron chi connectivity index (χ2n) is 13.1. The molecule has 0 aromatic heterocycles. The Bertz CT molecular complexity index is 466. The number of piperazine rings is 1. The van der Waals surface area contributed by atoms with E-state index in [9.17, 15) is 0 Å². The molecule has 0 radical (unpaired) electrons. The number of hydrogen-bond donors (Lipinski definition) is 0. The van der Waals surface area contributed by atoms with E-state index >= 15 is 0 Å². The van der Waals surface area contributed by atoms with Crippen LogP contribution < -0.4 is 0 Å². The first-order valence-electron chi connectivity index (χ1n) is 18.1. The molecule has 1 aliphatic rings. The molecule has 1 rings (SSSR count). The molecule has 0 amide bonds. The van der Waals surface area contributed by atoms with E-state index in [1.807, 2.05) is 0 Å². The topological polar surface area (TPSA) is 6.48 Å². The summed E-state index contributed by atoms with van der Waals surface area (Å²) in [4.78, 5) is 5.92. The Hall–Kier alpha value is -0.0800. The summed E-state index contributed by atoms with van der Waals surface area (Å²) in [7, 11) is 0. The van der Waals surface area contributed by atoms with Gasteiger partial charge in [-0.25, -0.2) is 0 Å². The lowest BCUT2D eigenvalue weighted by molar-refractivity contribution is 0.00434. The Morgan fingerprint density at radius 3 is 1.29 bits per heavy atom. The highest BCUT2D eigenvalue weighted by atomic mass is 15.3. The van der Waals surface area contributed by atoms with Crippen molar-refractivity contribution in [2.24, 2.45) is 11.8 Å². The quantitative estimate of drug-likeness (QED) is 0.102. The average Bonchev–Trinajstić information content (AvgIpc) is 2.94. The van der Waals surface area contributed by atoms with Crippen molar-refractivity contribution in [2.45, 2.75) is 195 Å². The minimum absolute atomic E-state index is 0.769. The van der Waals surface area contributed by atoms with Gasteiger partial charge in [-0.1, -0.05) is 151 Å². The van der Waals surface area contributed by atoms with E-state index in [0.717, 1.165) is 23.9 Å². The zero-order chi connectivity index (χ0) is 27.8. The molecule has 228 valence electrons. The minimum atomic E-state index is 0.769. The van der Waals surface area contributed by atoms with Crippen LogP contribution in [-0.2, 0) is 0 Å². The molecule has 1 saturated heterocycles. The van der Waals surface area contributed by atoms with E-state index in [2.05, 4.69) is 51.3 Å². The molecule has 0 aliphatic carbocycles. The van der Waals surface area contributed by atoms with E-state index in [-0.39, 0.29) is 0 Å². The van der Waals surface area contributed by atoms with Gasteiger partial charge in [-0.2, -0.15) is 0 Å². The number of hydrogen-bond acceptors (Lipinski definition) is 2. The van der Waals surface area contributed by atoms with Crippen LogP contribution >= 0.6 is 0 Å². The molecular weight excluding hydrogens is 460 g/mol. The summed E-state index contributed by atoms with van der Waals surface area (Å²) in [6, 6.07) is 1.54. The van der Waals surface area contributed by atoms with Gasteiger partial charge < -0.3 is 4.90 Å². The van der Waals surface area contributed by atoms with Gasteiger partial charge in [-0.05, 0) is 50.5 Å². The third-order valence-electron chi connectivity index (χ3n) is 9.75. The molecule has 0 bridgehead atoms. The predicted octanol–water partition coefficient (Wildman–Crippen LogP) is 11.3. The summed E-state index contributed by atoms with van der Waals surface area (Å²) >= 11 is 0. The van der Waals surface area contributed by atoms with Gasteiger partial charge in [0, 0.05) is 31.7 Å². The molecule has 0 aromatic carbocycles. The lowest BCUT2D eigenvalue weighted by Gasteiger charge is -2.48. The highest BCUT2D eigenvalue weighted by Gasteiger charge is 2.33. The maximum Gasteiger partial charge on any atom is 0.0224 e. The summed E-state index contributed by atoms with van der Waals surface area (Å²) < 4.78 is 0. The standard InChI is InChI=1S/C36H74N2/c1-7-13-17-21-25-33(24-20-16-10-4)28-29-37-31-35(11-5)38(36(12-6)32-37)30-34(26-22-18-14-8-2)27-23-19-15-9-3/h33-36H,7-32H2,1-6H3/t33?,35-,36+. The summed E-state index contributed by atoms with van der Waals surface area (Å²) in [5, 5.41) is 0. The molecule has 1 heterocycles. The van der Waals surface area contributed by atoms with E-state index in [4.69, 9.17) is 0 Å². The van der Waals surface area contributed by atoms with Crippen molar-refractivity contribution in [1.82, 2.24) is 9.80 Å². The van der Waals surface area contributed by atoms with E-state index < -0.39 is 0 Å². The van der Waals surface area contributed by atoms with Gasteiger partial charge in [0.15, 0.2) is 0 Å². The van der Waals surface area contributed by atoms with Gasteiger partial charge in [0.2, 0.25) is 0 Å². The lowest BCUT2D eigenvalue weighted by Crippen LogP contribution is -2.59. The SMILES string of the molecule is CCCCCCC(CCCCC)CCN1C[C@@H](CC)N(CC(CCCCCC)CCCCCC)[C@@H](CC)C1. The highest BCUT2D eigenvalue weighted by molar-refractivity contribution is 4.89. The molecule has 2 nitrogen and oxygen atoms in total. The van der Waals surface area contributed by atoms with E-state index in [1.54, 1.807) is 0 Å². The second kappa shape index (κ2) is 24.7. The van der Waals surface area contributed by atoms with Gasteiger partial charge in [0.05, 0.1) is 0 Å². The van der Waals surface area contributed by atoms with Crippen LogP contribution in [0.3, 0.4) is 0 Å². The van der Waals surface area contributed by atoms with Crippen molar-refractivity contribution in [3.05, 3.63) is 0 Å². The summed E-state index contributed by atoms with van der Waals surface area (Å²) in [5.74, 6) is 1.89. The Morgan fingerprint density at radius 2 is 0.868 bits per heavy atom. The summed E-state index contributed by atoms with van der Waals surface area (Å²) in [6.45, 7) is 19.7. The average molecular weight is 535 g/mol. The Balaban J connectivity index is 2.70. The maximum absolute atomic E-state index is 3.02. The van der Waals surface area contributed by atoms with Crippen LogP contribution in [0.1, 0.15) is 183 Å². The fourth-order valence-electron chi connectivity index (χ4n) is 7.07. The van der Waals surface area contributed by atoms with E-state index in [1.165, 1.54) is 167 Å². The molecule has 1 fully saturated rings. The fraction of sp³-hybridized carbons (Fsp3) is 1.00. The minimum Gasteiger partial charge on any atom is -0.300 e. The molecular formula is C36H74N2. The zero-order valence-electron chi connectivity index (χ0n) is 27.6. The molecule has 3 atom stereocenters. The van der Waals surface area contributed by atoms with Crippen molar-refractivity contribution in [1.29, 1.82) is 0 Å². The summed E-state index contributed by atoms with van der Waals surface area (Å²) in [6.07, 6.45) is 31.3. The molecule has 1 unspecified atom stereocenters. The first kappa shape index (κ1) is 35.9. The zero-order valence-corrected chi connectivity index (χ0v) is 27.6. The van der Waals surface area contributed by atoms with Crippen molar-refractivity contribution < 1.29 is 0 Å². The van der Waals surface area contributed by atoms with Crippen molar-refractivity contribution in [3.8, 4) is 0 Å². The first-order chi connectivity index (χ1) is 18.6. The number of nitrogens with zero attached hydrogens (tertiary/aromatic N) is 2. The molecule has 0 N–H and O–H groups in total. The second-order valence-corrected chi connectivity index (χ2v) is 13.1. The van der Waals surface area contributed by atoms with Crippen LogP contribution in [-0.4, -0.2) is 48.1 Å². The lowest BCUT2D eigenvalue weighted by atomic mass is 9.90. The summed E-state index contributed by atoms with van der Waals surface area (Å²) in [5.41, 5.74) is 0. The maximum atomic E-state index is 3.02. The van der Waals surface area contributed by atoms with Crippen LogP contribution in [0.25, 0.3) is 0 Å². The van der Waals surface area contributed by atoms with Gasteiger partial charge >= 0.3 is 0 Å². The van der Waals surface area contributed by atoms with E-state index in [0.29, 0.717) is 0 Å². The van der Waals surface area contributed by atoms with Gasteiger partial charge in [-0.3, -0.25) is 4.90 Å². The van der Waals surface area contributed by atoms with Gasteiger partial charge in [-0.15, -0.1) is 0 Å². The smallest absolute Gasteiger partial charge is 0.0224 e.